The van der Waals surface area contributed by atoms with E-state index in [2.05, 4.69) is 18.7 Å². The zero-order chi connectivity index (χ0) is 9.19. The predicted octanol–water partition coefficient (Wildman–Crippen LogP) is 2.50. The number of nitrogens with zero attached hydrogens (tertiary/aromatic N) is 1. The van der Waals surface area contributed by atoms with Crippen LogP contribution >= 0.6 is 0 Å². The third-order valence-corrected chi connectivity index (χ3v) is 2.81. The van der Waals surface area contributed by atoms with Gasteiger partial charge in [-0.2, -0.15) is 0 Å². The molecule has 0 amide bonds. The Balaban J connectivity index is 2.50. The first kappa shape index (κ1) is 9.56. The molecule has 1 aliphatic rings. The van der Waals surface area contributed by atoms with Gasteiger partial charge >= 0.3 is 0 Å². The number of likely N-dealkylation sites (tertiary alicyclic amines) is 1. The molecule has 12 heavy (non-hydrogen) atoms. The molecule has 1 saturated heterocycles. The van der Waals surface area contributed by atoms with Gasteiger partial charge in [0.05, 0.1) is 5.84 Å². The van der Waals surface area contributed by atoms with Crippen LogP contribution in [0.15, 0.2) is 0 Å². The fourth-order valence-electron chi connectivity index (χ4n) is 1.76. The van der Waals surface area contributed by atoms with E-state index >= 15 is 0 Å². The number of hydrogen-bond acceptors (Lipinski definition) is 1. The van der Waals surface area contributed by atoms with Crippen molar-refractivity contribution >= 4 is 5.84 Å². The summed E-state index contributed by atoms with van der Waals surface area (Å²) in [7, 11) is 0. The van der Waals surface area contributed by atoms with Crippen LogP contribution in [0.2, 0.25) is 0 Å². The molecule has 0 bridgehead atoms. The second kappa shape index (κ2) is 3.46. The normalized spacial score (nSPS) is 23.4. The van der Waals surface area contributed by atoms with E-state index in [1.54, 1.807) is 0 Å². The molecule has 70 valence electrons. The van der Waals surface area contributed by atoms with Crippen molar-refractivity contribution in [2.24, 2.45) is 5.41 Å². The van der Waals surface area contributed by atoms with Crippen LogP contribution in [0.5, 0.6) is 0 Å². The van der Waals surface area contributed by atoms with E-state index < -0.39 is 0 Å². The first-order valence-corrected chi connectivity index (χ1v) is 4.81. The molecular formula is C10H20N2. The van der Waals surface area contributed by atoms with Gasteiger partial charge in [-0.25, -0.2) is 0 Å². The summed E-state index contributed by atoms with van der Waals surface area (Å²) in [4.78, 5) is 2.19. The topological polar surface area (TPSA) is 27.1 Å². The number of nitrogens with one attached hydrogen (secondary N) is 1. The lowest BCUT2D eigenvalue weighted by atomic mass is 9.85. The summed E-state index contributed by atoms with van der Waals surface area (Å²) in [6.45, 7) is 8.70. The molecule has 2 nitrogen and oxygen atoms in total. The smallest absolute Gasteiger partial charge is 0.0925 e. The fourth-order valence-corrected chi connectivity index (χ4v) is 1.76. The molecule has 1 rings (SSSR count). The minimum absolute atomic E-state index is 0.490. The molecule has 1 aliphatic heterocycles. The molecule has 0 radical (unpaired) electrons. The van der Waals surface area contributed by atoms with Gasteiger partial charge in [0.1, 0.15) is 0 Å². The van der Waals surface area contributed by atoms with E-state index in [0.717, 1.165) is 18.9 Å². The molecule has 0 aliphatic carbocycles. The first-order valence-electron chi connectivity index (χ1n) is 4.81. The average molecular weight is 168 g/mol. The second-order valence-corrected chi connectivity index (χ2v) is 4.59. The summed E-state index contributed by atoms with van der Waals surface area (Å²) >= 11 is 0. The van der Waals surface area contributed by atoms with Gasteiger partial charge in [0.2, 0.25) is 0 Å². The van der Waals surface area contributed by atoms with Crippen LogP contribution in [0.25, 0.3) is 0 Å². The second-order valence-electron chi connectivity index (χ2n) is 4.59. The van der Waals surface area contributed by atoms with E-state index in [1.807, 2.05) is 6.92 Å². The van der Waals surface area contributed by atoms with E-state index in [4.69, 9.17) is 5.41 Å². The summed E-state index contributed by atoms with van der Waals surface area (Å²) in [5, 5.41) is 7.54. The molecule has 0 saturated carbocycles. The Hall–Kier alpha value is -0.530. The zero-order valence-electron chi connectivity index (χ0n) is 8.48. The zero-order valence-corrected chi connectivity index (χ0v) is 8.48. The minimum atomic E-state index is 0.490. The number of hydrogen-bond donors (Lipinski definition) is 1. The molecule has 0 aromatic rings. The van der Waals surface area contributed by atoms with Gasteiger partial charge in [0, 0.05) is 13.1 Å². The Morgan fingerprint density at radius 1 is 1.25 bits per heavy atom. The molecule has 0 aromatic carbocycles. The van der Waals surface area contributed by atoms with Crippen molar-refractivity contribution in [2.75, 3.05) is 13.1 Å². The summed E-state index contributed by atoms with van der Waals surface area (Å²) < 4.78 is 0. The fraction of sp³-hybridized carbons (Fsp3) is 0.900. The van der Waals surface area contributed by atoms with Crippen molar-refractivity contribution in [3.63, 3.8) is 0 Å². The van der Waals surface area contributed by atoms with Gasteiger partial charge < -0.3 is 4.90 Å². The van der Waals surface area contributed by atoms with Crippen molar-refractivity contribution in [1.82, 2.24) is 4.90 Å². The number of rotatable bonds is 0. The summed E-state index contributed by atoms with van der Waals surface area (Å²) in [6.07, 6.45) is 3.77. The molecule has 1 N–H and O–H groups in total. The van der Waals surface area contributed by atoms with Crippen molar-refractivity contribution in [3.05, 3.63) is 0 Å². The van der Waals surface area contributed by atoms with Crippen LogP contribution in [0.4, 0.5) is 0 Å². The van der Waals surface area contributed by atoms with Crippen molar-refractivity contribution < 1.29 is 0 Å². The average Bonchev–Trinajstić information content (AvgIpc) is 2.10. The Morgan fingerprint density at radius 3 is 2.50 bits per heavy atom. The van der Waals surface area contributed by atoms with E-state index in [-0.39, 0.29) is 0 Å². The lowest BCUT2D eigenvalue weighted by molar-refractivity contribution is 0.313. The molecule has 1 heterocycles. The molecule has 1 fully saturated rings. The van der Waals surface area contributed by atoms with Crippen LogP contribution in [0.1, 0.15) is 40.0 Å². The van der Waals surface area contributed by atoms with Crippen LogP contribution in [0, 0.1) is 10.8 Å². The third-order valence-electron chi connectivity index (χ3n) is 2.81. The molecule has 2 heteroatoms. The largest absolute Gasteiger partial charge is 0.361 e. The molecule has 0 unspecified atom stereocenters. The predicted molar refractivity (Wildman–Crippen MR) is 52.6 cm³/mol. The lowest BCUT2D eigenvalue weighted by Gasteiger charge is -2.23. The van der Waals surface area contributed by atoms with Crippen molar-refractivity contribution in [2.45, 2.75) is 40.0 Å². The maximum atomic E-state index is 7.54. The van der Waals surface area contributed by atoms with Gasteiger partial charge in [0.15, 0.2) is 0 Å². The minimum Gasteiger partial charge on any atom is -0.361 e. The molecule has 0 atom stereocenters. The Labute approximate surface area is 75.5 Å². The number of amidine groups is 1. The molecule has 0 aromatic heterocycles. The van der Waals surface area contributed by atoms with E-state index in [1.165, 1.54) is 19.3 Å². The Morgan fingerprint density at radius 2 is 1.92 bits per heavy atom. The van der Waals surface area contributed by atoms with Gasteiger partial charge in [-0.1, -0.05) is 13.8 Å². The Kier molecular flexibility index (Phi) is 2.76. The highest BCUT2D eigenvalue weighted by molar-refractivity contribution is 5.76. The Bertz CT molecular complexity index is 173. The monoisotopic (exact) mass is 168 g/mol. The van der Waals surface area contributed by atoms with Crippen LogP contribution < -0.4 is 0 Å². The summed E-state index contributed by atoms with van der Waals surface area (Å²) in [5.74, 6) is 0.729. The van der Waals surface area contributed by atoms with Gasteiger partial charge in [-0.05, 0) is 31.6 Å². The highest BCUT2D eigenvalue weighted by Crippen LogP contribution is 2.29. The standard InChI is InChI=1S/C10H20N2/c1-9(11)12-7-4-5-10(2,3)6-8-12/h11H,4-8H2,1-3H3. The summed E-state index contributed by atoms with van der Waals surface area (Å²) in [6, 6.07) is 0. The lowest BCUT2D eigenvalue weighted by Crippen LogP contribution is -2.29. The van der Waals surface area contributed by atoms with E-state index in [9.17, 15) is 0 Å². The van der Waals surface area contributed by atoms with Crippen LogP contribution in [0.3, 0.4) is 0 Å². The van der Waals surface area contributed by atoms with Crippen molar-refractivity contribution in [3.8, 4) is 0 Å². The van der Waals surface area contributed by atoms with E-state index in [0.29, 0.717) is 5.41 Å². The molecular weight excluding hydrogens is 148 g/mol. The van der Waals surface area contributed by atoms with Gasteiger partial charge in [-0.3, -0.25) is 5.41 Å². The third kappa shape index (κ3) is 2.50. The maximum absolute atomic E-state index is 7.54. The van der Waals surface area contributed by atoms with Crippen molar-refractivity contribution in [1.29, 1.82) is 5.41 Å². The van der Waals surface area contributed by atoms with Crippen LogP contribution in [-0.2, 0) is 0 Å². The maximum Gasteiger partial charge on any atom is 0.0925 e. The van der Waals surface area contributed by atoms with Gasteiger partial charge in [-0.15, -0.1) is 0 Å². The first-order chi connectivity index (χ1) is 5.51. The highest BCUT2D eigenvalue weighted by atomic mass is 15.2. The van der Waals surface area contributed by atoms with Gasteiger partial charge in [0.25, 0.3) is 0 Å². The SMILES string of the molecule is CC(=N)N1CCCC(C)(C)CC1. The molecule has 0 spiro atoms. The summed E-state index contributed by atoms with van der Waals surface area (Å²) in [5.41, 5.74) is 0.490. The highest BCUT2D eigenvalue weighted by Gasteiger charge is 2.22. The van der Waals surface area contributed by atoms with Crippen LogP contribution in [-0.4, -0.2) is 23.8 Å². The quantitative estimate of drug-likeness (QED) is 0.436.